The van der Waals surface area contributed by atoms with E-state index in [1.807, 2.05) is 13.0 Å². The number of nitriles is 1. The fraction of sp³-hybridized carbons (Fsp3) is 0.533. The Morgan fingerprint density at radius 2 is 2.28 bits per heavy atom. The molecule has 3 nitrogen and oxygen atoms in total. The van der Waals surface area contributed by atoms with Gasteiger partial charge in [-0.3, -0.25) is 0 Å². The predicted octanol–water partition coefficient (Wildman–Crippen LogP) is 2.05. The van der Waals surface area contributed by atoms with Gasteiger partial charge in [0.1, 0.15) is 0 Å². The molecule has 0 spiro atoms. The van der Waals surface area contributed by atoms with Crippen LogP contribution in [0, 0.1) is 24.2 Å². The normalized spacial score (nSPS) is 26.8. The number of benzene rings is 1. The number of piperidine rings is 1. The number of anilines is 1. The van der Waals surface area contributed by atoms with E-state index >= 15 is 0 Å². The zero-order chi connectivity index (χ0) is 12.5. The number of nitrogens with zero attached hydrogens (tertiary/aromatic N) is 2. The lowest BCUT2D eigenvalue weighted by atomic mass is 9.94. The van der Waals surface area contributed by atoms with Crippen molar-refractivity contribution in [2.45, 2.75) is 25.8 Å². The van der Waals surface area contributed by atoms with Crippen LogP contribution in [0.1, 0.15) is 24.0 Å². The molecule has 0 radical (unpaired) electrons. The minimum Gasteiger partial charge on any atom is -0.370 e. The highest BCUT2D eigenvalue weighted by Crippen LogP contribution is 2.29. The molecule has 2 aliphatic rings. The van der Waals surface area contributed by atoms with Crippen molar-refractivity contribution in [3.05, 3.63) is 29.3 Å². The third-order valence-corrected chi connectivity index (χ3v) is 4.29. The number of aryl methyl sites for hydroxylation is 1. The molecule has 0 aliphatic carbocycles. The first kappa shape index (κ1) is 11.6. The molecule has 2 saturated heterocycles. The number of hydrogen-bond donors (Lipinski definition) is 1. The molecule has 94 valence electrons. The van der Waals surface area contributed by atoms with Crippen molar-refractivity contribution in [1.82, 2.24) is 5.32 Å². The van der Waals surface area contributed by atoms with Crippen molar-refractivity contribution < 1.29 is 0 Å². The molecule has 0 aromatic heterocycles. The molecule has 2 fully saturated rings. The van der Waals surface area contributed by atoms with Gasteiger partial charge in [0, 0.05) is 24.8 Å². The van der Waals surface area contributed by atoms with Gasteiger partial charge >= 0.3 is 0 Å². The average molecular weight is 241 g/mol. The molecule has 0 bridgehead atoms. The minimum absolute atomic E-state index is 0.662. The van der Waals surface area contributed by atoms with Crippen LogP contribution >= 0.6 is 0 Å². The van der Waals surface area contributed by atoms with Crippen molar-refractivity contribution in [3.8, 4) is 6.07 Å². The highest BCUT2D eigenvalue weighted by Gasteiger charge is 2.34. The summed E-state index contributed by atoms with van der Waals surface area (Å²) in [5.74, 6) is 0.801. The molecule has 0 amide bonds. The second kappa shape index (κ2) is 4.62. The zero-order valence-electron chi connectivity index (χ0n) is 10.8. The predicted molar refractivity (Wildman–Crippen MR) is 72.6 cm³/mol. The third-order valence-electron chi connectivity index (χ3n) is 4.29. The van der Waals surface area contributed by atoms with E-state index in [0.29, 0.717) is 6.04 Å². The van der Waals surface area contributed by atoms with Crippen LogP contribution in [0.3, 0.4) is 0 Å². The minimum atomic E-state index is 0.662. The van der Waals surface area contributed by atoms with Crippen LogP contribution in [0.25, 0.3) is 0 Å². The molecular weight excluding hydrogens is 222 g/mol. The lowest BCUT2D eigenvalue weighted by Gasteiger charge is -2.24. The fourth-order valence-corrected chi connectivity index (χ4v) is 3.23. The highest BCUT2D eigenvalue weighted by molar-refractivity contribution is 5.54. The van der Waals surface area contributed by atoms with Crippen molar-refractivity contribution in [2.75, 3.05) is 24.5 Å². The number of fused-ring (bicyclic) bond motifs is 1. The van der Waals surface area contributed by atoms with Crippen LogP contribution in [0.15, 0.2) is 18.2 Å². The first-order valence-corrected chi connectivity index (χ1v) is 6.77. The lowest BCUT2D eigenvalue weighted by Crippen LogP contribution is -2.40. The Hall–Kier alpha value is -1.53. The zero-order valence-corrected chi connectivity index (χ0v) is 10.8. The summed E-state index contributed by atoms with van der Waals surface area (Å²) in [4.78, 5) is 2.46. The van der Waals surface area contributed by atoms with Gasteiger partial charge in [-0.05, 0) is 56.0 Å². The smallest absolute Gasteiger partial charge is 0.0994 e. The van der Waals surface area contributed by atoms with Gasteiger partial charge in [-0.25, -0.2) is 0 Å². The lowest BCUT2D eigenvalue weighted by molar-refractivity contribution is 0.340. The van der Waals surface area contributed by atoms with Gasteiger partial charge in [-0.1, -0.05) is 0 Å². The number of nitrogens with one attached hydrogen (secondary N) is 1. The third kappa shape index (κ3) is 1.97. The summed E-state index contributed by atoms with van der Waals surface area (Å²) < 4.78 is 0. The van der Waals surface area contributed by atoms with E-state index in [-0.39, 0.29) is 0 Å². The maximum Gasteiger partial charge on any atom is 0.0994 e. The molecule has 0 saturated carbocycles. The maximum absolute atomic E-state index is 8.97. The summed E-state index contributed by atoms with van der Waals surface area (Å²) in [6.07, 6.45) is 2.66. The first-order valence-electron chi connectivity index (χ1n) is 6.77. The average Bonchev–Trinajstić information content (AvgIpc) is 2.82. The Morgan fingerprint density at radius 1 is 1.39 bits per heavy atom. The van der Waals surface area contributed by atoms with Crippen LogP contribution in [-0.2, 0) is 0 Å². The summed E-state index contributed by atoms with van der Waals surface area (Å²) in [7, 11) is 0. The van der Waals surface area contributed by atoms with E-state index in [1.54, 1.807) is 0 Å². The quantitative estimate of drug-likeness (QED) is 0.818. The highest BCUT2D eigenvalue weighted by atomic mass is 15.2. The largest absolute Gasteiger partial charge is 0.370 e. The first-order chi connectivity index (χ1) is 8.78. The summed E-state index contributed by atoms with van der Waals surface area (Å²) in [6, 6.07) is 9.07. The van der Waals surface area contributed by atoms with Gasteiger partial charge in [-0.2, -0.15) is 5.26 Å². The Bertz CT molecular complexity index is 475. The van der Waals surface area contributed by atoms with Gasteiger partial charge in [-0.15, -0.1) is 0 Å². The Kier molecular flexibility index (Phi) is 2.97. The van der Waals surface area contributed by atoms with Gasteiger partial charge in [0.25, 0.3) is 0 Å². The van der Waals surface area contributed by atoms with Crippen molar-refractivity contribution >= 4 is 5.69 Å². The summed E-state index contributed by atoms with van der Waals surface area (Å²) >= 11 is 0. The van der Waals surface area contributed by atoms with Crippen LogP contribution in [-0.4, -0.2) is 25.7 Å². The Balaban J connectivity index is 1.80. The molecular formula is C15H19N3. The second-order valence-electron chi connectivity index (χ2n) is 5.48. The molecule has 3 heteroatoms. The molecule has 18 heavy (non-hydrogen) atoms. The molecule has 1 aromatic rings. The number of rotatable bonds is 1. The van der Waals surface area contributed by atoms with Crippen molar-refractivity contribution in [3.63, 3.8) is 0 Å². The summed E-state index contributed by atoms with van der Waals surface area (Å²) in [5.41, 5.74) is 3.13. The van der Waals surface area contributed by atoms with E-state index in [0.717, 1.165) is 30.1 Å². The van der Waals surface area contributed by atoms with Crippen molar-refractivity contribution in [1.29, 1.82) is 5.26 Å². The summed E-state index contributed by atoms with van der Waals surface area (Å²) in [6.45, 7) is 5.45. The van der Waals surface area contributed by atoms with E-state index < -0.39 is 0 Å². The molecule has 2 aliphatic heterocycles. The van der Waals surface area contributed by atoms with Crippen LogP contribution in [0.2, 0.25) is 0 Å². The molecule has 2 heterocycles. The van der Waals surface area contributed by atoms with Gasteiger partial charge in [0.05, 0.1) is 11.6 Å². The SMILES string of the molecule is Cc1cc(N2CC3CCCNC3C2)ccc1C#N. The van der Waals surface area contributed by atoms with E-state index in [9.17, 15) is 0 Å². The van der Waals surface area contributed by atoms with Gasteiger partial charge < -0.3 is 10.2 Å². The molecule has 3 rings (SSSR count). The van der Waals surface area contributed by atoms with Crippen LogP contribution in [0.5, 0.6) is 0 Å². The standard InChI is InChI=1S/C15H19N3/c1-11-7-14(5-4-12(11)8-16)18-9-13-3-2-6-17-15(13)10-18/h4-5,7,13,15,17H,2-3,6,9-10H2,1H3. The van der Waals surface area contributed by atoms with E-state index in [1.165, 1.54) is 25.1 Å². The molecule has 1 aromatic carbocycles. The molecule has 2 unspecified atom stereocenters. The van der Waals surface area contributed by atoms with Crippen LogP contribution < -0.4 is 10.2 Å². The van der Waals surface area contributed by atoms with Gasteiger partial charge in [0.15, 0.2) is 0 Å². The monoisotopic (exact) mass is 241 g/mol. The maximum atomic E-state index is 8.97. The van der Waals surface area contributed by atoms with Crippen molar-refractivity contribution in [2.24, 2.45) is 5.92 Å². The van der Waals surface area contributed by atoms with Crippen LogP contribution in [0.4, 0.5) is 5.69 Å². The number of hydrogen-bond acceptors (Lipinski definition) is 3. The van der Waals surface area contributed by atoms with E-state index in [2.05, 4.69) is 28.4 Å². The van der Waals surface area contributed by atoms with E-state index in [4.69, 9.17) is 5.26 Å². The Labute approximate surface area is 108 Å². The topological polar surface area (TPSA) is 39.1 Å². The second-order valence-corrected chi connectivity index (χ2v) is 5.48. The molecule has 2 atom stereocenters. The Morgan fingerprint density at radius 3 is 3.00 bits per heavy atom. The van der Waals surface area contributed by atoms with Gasteiger partial charge in [0.2, 0.25) is 0 Å². The molecule has 1 N–H and O–H groups in total. The fourth-order valence-electron chi connectivity index (χ4n) is 3.23. The summed E-state index contributed by atoms with van der Waals surface area (Å²) in [5, 5.41) is 12.6.